The Morgan fingerprint density at radius 2 is 1.88 bits per heavy atom. The molecule has 1 aromatic rings. The zero-order chi connectivity index (χ0) is 11.9. The minimum atomic E-state index is -0.931. The van der Waals surface area contributed by atoms with E-state index in [9.17, 15) is 14.7 Å². The van der Waals surface area contributed by atoms with Crippen LogP contribution in [0.25, 0.3) is 0 Å². The molecule has 0 radical (unpaired) electrons. The lowest BCUT2D eigenvalue weighted by atomic mass is 10.1. The summed E-state index contributed by atoms with van der Waals surface area (Å²) in [4.78, 5) is 24.5. The van der Waals surface area contributed by atoms with E-state index >= 15 is 0 Å². The number of hydrogen-bond donors (Lipinski definition) is 2. The molecule has 0 spiro atoms. The molecule has 1 aromatic carbocycles. The van der Waals surface area contributed by atoms with Crippen molar-refractivity contribution in [3.63, 3.8) is 0 Å². The highest BCUT2D eigenvalue weighted by Gasteiger charge is 2.45. The number of imide groups is 1. The van der Waals surface area contributed by atoms with Gasteiger partial charge in [-0.1, -0.05) is 12.1 Å². The number of carbonyl (C=O) groups excluding carboxylic acids is 2. The van der Waals surface area contributed by atoms with Crippen LogP contribution in [0.4, 0.5) is 10.5 Å². The van der Waals surface area contributed by atoms with E-state index in [0.29, 0.717) is 0 Å². The highest BCUT2D eigenvalue weighted by atomic mass is 16.3. The predicted molar refractivity (Wildman–Crippen MR) is 58.2 cm³/mol. The van der Waals surface area contributed by atoms with Crippen LogP contribution in [0, 0.1) is 0 Å². The van der Waals surface area contributed by atoms with Gasteiger partial charge >= 0.3 is 6.03 Å². The third-order valence-electron chi connectivity index (χ3n) is 2.48. The van der Waals surface area contributed by atoms with Gasteiger partial charge in [-0.05, 0) is 26.0 Å². The van der Waals surface area contributed by atoms with Crippen LogP contribution in [0.5, 0.6) is 5.75 Å². The third kappa shape index (κ3) is 1.41. The maximum Gasteiger partial charge on any atom is 0.329 e. The van der Waals surface area contributed by atoms with Gasteiger partial charge in [0, 0.05) is 0 Å². The van der Waals surface area contributed by atoms with Gasteiger partial charge in [-0.3, -0.25) is 4.79 Å². The molecule has 0 atom stereocenters. The van der Waals surface area contributed by atoms with E-state index < -0.39 is 11.6 Å². The fraction of sp³-hybridized carbons (Fsp3) is 0.273. The number of urea groups is 1. The fourth-order valence-electron chi connectivity index (χ4n) is 1.62. The van der Waals surface area contributed by atoms with Gasteiger partial charge in [0.25, 0.3) is 5.91 Å². The van der Waals surface area contributed by atoms with Crippen LogP contribution in [0.15, 0.2) is 24.3 Å². The first kappa shape index (κ1) is 10.5. The molecule has 1 saturated heterocycles. The van der Waals surface area contributed by atoms with Crippen LogP contribution in [0.1, 0.15) is 13.8 Å². The number of anilines is 1. The summed E-state index contributed by atoms with van der Waals surface area (Å²) in [7, 11) is 0. The summed E-state index contributed by atoms with van der Waals surface area (Å²) in [5, 5.41) is 12.1. The zero-order valence-corrected chi connectivity index (χ0v) is 9.02. The summed E-state index contributed by atoms with van der Waals surface area (Å²) in [5.41, 5.74) is -0.727. The van der Waals surface area contributed by atoms with Crippen molar-refractivity contribution in [2.24, 2.45) is 0 Å². The molecule has 1 heterocycles. The molecule has 1 aliphatic heterocycles. The Morgan fingerprint density at radius 1 is 1.25 bits per heavy atom. The number of hydrogen-bond acceptors (Lipinski definition) is 3. The number of benzene rings is 1. The van der Waals surface area contributed by atoms with E-state index in [-0.39, 0.29) is 17.3 Å². The molecule has 1 aliphatic rings. The van der Waals surface area contributed by atoms with E-state index in [1.807, 2.05) is 0 Å². The molecule has 0 bridgehead atoms. The molecular weight excluding hydrogens is 208 g/mol. The molecule has 0 unspecified atom stereocenters. The van der Waals surface area contributed by atoms with Gasteiger partial charge in [-0.15, -0.1) is 0 Å². The Balaban J connectivity index is 2.47. The smallest absolute Gasteiger partial charge is 0.329 e. The molecule has 2 rings (SSSR count). The molecule has 0 saturated carbocycles. The number of nitrogens with one attached hydrogen (secondary N) is 1. The normalized spacial score (nSPS) is 18.8. The number of para-hydroxylation sites is 2. The molecule has 0 aliphatic carbocycles. The van der Waals surface area contributed by atoms with Crippen molar-refractivity contribution >= 4 is 17.6 Å². The standard InChI is InChI=1S/C11H12N2O3/c1-11(2)9(15)13(10(16)12-11)7-5-3-4-6-8(7)14/h3-6,14H,1-2H3,(H,12,16). The third-order valence-corrected chi connectivity index (χ3v) is 2.48. The second-order valence-electron chi connectivity index (χ2n) is 4.18. The van der Waals surface area contributed by atoms with Crippen LogP contribution < -0.4 is 10.2 Å². The fourth-order valence-corrected chi connectivity index (χ4v) is 1.62. The lowest BCUT2D eigenvalue weighted by Gasteiger charge is -2.16. The monoisotopic (exact) mass is 220 g/mol. The lowest BCUT2D eigenvalue weighted by Crippen LogP contribution is -2.40. The highest BCUT2D eigenvalue weighted by molar-refractivity contribution is 6.23. The van der Waals surface area contributed by atoms with E-state index in [4.69, 9.17) is 0 Å². The zero-order valence-electron chi connectivity index (χ0n) is 9.02. The molecule has 5 nitrogen and oxygen atoms in total. The number of rotatable bonds is 1. The second-order valence-corrected chi connectivity index (χ2v) is 4.18. The lowest BCUT2D eigenvalue weighted by molar-refractivity contribution is -0.121. The molecule has 16 heavy (non-hydrogen) atoms. The van der Waals surface area contributed by atoms with Gasteiger partial charge in [-0.25, -0.2) is 9.69 Å². The number of carbonyl (C=O) groups is 2. The molecule has 1 fully saturated rings. The summed E-state index contributed by atoms with van der Waals surface area (Å²) in [6.45, 7) is 3.24. The largest absolute Gasteiger partial charge is 0.506 e. The minimum absolute atomic E-state index is 0.0938. The summed E-state index contributed by atoms with van der Waals surface area (Å²) in [5.74, 6) is -0.470. The summed E-state index contributed by atoms with van der Waals surface area (Å²) in [6.07, 6.45) is 0. The van der Waals surface area contributed by atoms with Crippen molar-refractivity contribution in [3.8, 4) is 5.75 Å². The molecule has 5 heteroatoms. The van der Waals surface area contributed by atoms with Gasteiger partial charge in [-0.2, -0.15) is 0 Å². The molecule has 3 amide bonds. The first-order chi connectivity index (χ1) is 7.43. The number of amides is 3. The maximum atomic E-state index is 11.9. The molecule has 84 valence electrons. The van der Waals surface area contributed by atoms with E-state index in [0.717, 1.165) is 4.90 Å². The van der Waals surface area contributed by atoms with Gasteiger partial charge in [0.1, 0.15) is 11.3 Å². The minimum Gasteiger partial charge on any atom is -0.506 e. The second kappa shape index (κ2) is 3.23. The molecule has 2 N–H and O–H groups in total. The van der Waals surface area contributed by atoms with Crippen LogP contribution in [-0.2, 0) is 4.79 Å². The summed E-state index contributed by atoms with van der Waals surface area (Å²) < 4.78 is 0. The SMILES string of the molecule is CC1(C)NC(=O)N(c2ccccc2O)C1=O. The predicted octanol–water partition coefficient (Wildman–Crippen LogP) is 1.23. The van der Waals surface area contributed by atoms with Crippen LogP contribution in [0.2, 0.25) is 0 Å². The molecular formula is C11H12N2O3. The summed E-state index contributed by atoms with van der Waals surface area (Å²) >= 11 is 0. The van der Waals surface area contributed by atoms with Crippen molar-refractivity contribution in [3.05, 3.63) is 24.3 Å². The van der Waals surface area contributed by atoms with Crippen molar-refractivity contribution < 1.29 is 14.7 Å². The van der Waals surface area contributed by atoms with Crippen molar-refractivity contribution in [2.45, 2.75) is 19.4 Å². The van der Waals surface area contributed by atoms with Crippen molar-refractivity contribution in [1.82, 2.24) is 5.32 Å². The quantitative estimate of drug-likeness (QED) is 0.699. The van der Waals surface area contributed by atoms with Crippen molar-refractivity contribution in [1.29, 1.82) is 0 Å². The highest BCUT2D eigenvalue weighted by Crippen LogP contribution is 2.31. The first-order valence-corrected chi connectivity index (χ1v) is 4.88. The molecule has 0 aromatic heterocycles. The van der Waals surface area contributed by atoms with E-state index in [2.05, 4.69) is 5.32 Å². The van der Waals surface area contributed by atoms with E-state index in [1.54, 1.807) is 26.0 Å². The average molecular weight is 220 g/mol. The topological polar surface area (TPSA) is 69.6 Å². The number of aromatic hydroxyl groups is 1. The van der Waals surface area contributed by atoms with Gasteiger partial charge in [0.15, 0.2) is 0 Å². The Bertz CT molecular complexity index is 468. The van der Waals surface area contributed by atoms with Crippen LogP contribution in [0.3, 0.4) is 0 Å². The van der Waals surface area contributed by atoms with E-state index in [1.165, 1.54) is 12.1 Å². The van der Waals surface area contributed by atoms with Gasteiger partial charge in [0.2, 0.25) is 0 Å². The Kier molecular flexibility index (Phi) is 2.11. The van der Waals surface area contributed by atoms with Crippen molar-refractivity contribution in [2.75, 3.05) is 4.90 Å². The van der Waals surface area contributed by atoms with Crippen LogP contribution in [-0.4, -0.2) is 22.6 Å². The summed E-state index contributed by atoms with van der Waals surface area (Å²) in [6, 6.07) is 5.72. The van der Waals surface area contributed by atoms with Gasteiger partial charge < -0.3 is 10.4 Å². The van der Waals surface area contributed by atoms with Crippen LogP contribution >= 0.6 is 0 Å². The number of phenolic OH excluding ortho intramolecular Hbond substituents is 1. The number of phenols is 1. The Morgan fingerprint density at radius 3 is 2.38 bits per heavy atom. The maximum absolute atomic E-state index is 11.9. The van der Waals surface area contributed by atoms with Gasteiger partial charge in [0.05, 0.1) is 5.69 Å². The average Bonchev–Trinajstić information content (AvgIpc) is 2.39. The number of nitrogens with zero attached hydrogens (tertiary/aromatic N) is 1. The Hall–Kier alpha value is -2.04. The first-order valence-electron chi connectivity index (χ1n) is 4.88. The Labute approximate surface area is 92.7 Å².